The highest BCUT2D eigenvalue weighted by molar-refractivity contribution is 5.38. The second kappa shape index (κ2) is 5.98. The molecule has 0 aromatic carbocycles. The van der Waals surface area contributed by atoms with Gasteiger partial charge in [0.05, 0.1) is 6.61 Å². The third-order valence-corrected chi connectivity index (χ3v) is 3.00. The number of methoxy groups -OCH3 is 1. The van der Waals surface area contributed by atoms with Crippen molar-refractivity contribution in [1.82, 2.24) is 10.3 Å². The molecule has 4 nitrogen and oxygen atoms in total. The van der Waals surface area contributed by atoms with Crippen molar-refractivity contribution in [3.8, 4) is 0 Å². The minimum atomic E-state index is 0.725. The first-order valence-corrected chi connectivity index (χ1v) is 6.18. The Labute approximate surface area is 103 Å². The molecule has 0 atom stereocenters. The average molecular weight is 235 g/mol. The van der Waals surface area contributed by atoms with Crippen LogP contribution in [0.4, 0.5) is 5.82 Å². The van der Waals surface area contributed by atoms with Gasteiger partial charge in [0.25, 0.3) is 0 Å². The zero-order valence-corrected chi connectivity index (χ0v) is 10.6. The van der Waals surface area contributed by atoms with Crippen molar-refractivity contribution >= 4 is 5.82 Å². The van der Waals surface area contributed by atoms with Crippen molar-refractivity contribution in [3.05, 3.63) is 23.9 Å². The quantitative estimate of drug-likeness (QED) is 0.775. The Bertz CT molecular complexity index is 335. The van der Waals surface area contributed by atoms with Crippen LogP contribution in [-0.4, -0.2) is 38.3 Å². The smallest absolute Gasteiger partial charge is 0.128 e. The first-order chi connectivity index (χ1) is 8.29. The molecule has 0 unspecified atom stereocenters. The van der Waals surface area contributed by atoms with Gasteiger partial charge in [-0.2, -0.15) is 0 Å². The highest BCUT2D eigenvalue weighted by Crippen LogP contribution is 2.19. The van der Waals surface area contributed by atoms with E-state index in [4.69, 9.17) is 4.74 Å². The summed E-state index contributed by atoms with van der Waals surface area (Å²) in [5.41, 5.74) is 1.25. The van der Waals surface area contributed by atoms with E-state index in [9.17, 15) is 0 Å². The van der Waals surface area contributed by atoms with Gasteiger partial charge in [0.2, 0.25) is 0 Å². The molecule has 0 aliphatic heterocycles. The SMILES string of the molecule is COCCN(C)c1ccc(CNC2CC2)cn1. The van der Waals surface area contributed by atoms with Crippen molar-refractivity contribution in [2.75, 3.05) is 32.2 Å². The van der Waals surface area contributed by atoms with Gasteiger partial charge in [0.1, 0.15) is 5.82 Å². The third-order valence-electron chi connectivity index (χ3n) is 3.00. The Hall–Kier alpha value is -1.13. The van der Waals surface area contributed by atoms with E-state index >= 15 is 0 Å². The lowest BCUT2D eigenvalue weighted by molar-refractivity contribution is 0.206. The molecule has 1 aromatic rings. The van der Waals surface area contributed by atoms with Crippen molar-refractivity contribution < 1.29 is 4.74 Å². The summed E-state index contributed by atoms with van der Waals surface area (Å²) in [5, 5.41) is 3.48. The van der Waals surface area contributed by atoms with Crippen LogP contribution in [0.15, 0.2) is 18.3 Å². The second-order valence-corrected chi connectivity index (χ2v) is 4.59. The van der Waals surface area contributed by atoms with E-state index in [2.05, 4.69) is 27.3 Å². The minimum absolute atomic E-state index is 0.725. The number of aromatic nitrogens is 1. The highest BCUT2D eigenvalue weighted by atomic mass is 16.5. The van der Waals surface area contributed by atoms with Crippen LogP contribution in [0.3, 0.4) is 0 Å². The first kappa shape index (κ1) is 12.3. The summed E-state index contributed by atoms with van der Waals surface area (Å²) < 4.78 is 5.05. The summed E-state index contributed by atoms with van der Waals surface area (Å²) in [6.07, 6.45) is 4.60. The second-order valence-electron chi connectivity index (χ2n) is 4.59. The van der Waals surface area contributed by atoms with Crippen molar-refractivity contribution in [3.63, 3.8) is 0 Å². The zero-order chi connectivity index (χ0) is 12.1. The van der Waals surface area contributed by atoms with E-state index in [0.717, 1.165) is 31.6 Å². The van der Waals surface area contributed by atoms with Crippen LogP contribution in [0.25, 0.3) is 0 Å². The van der Waals surface area contributed by atoms with Gasteiger partial charge in [-0.05, 0) is 24.5 Å². The lowest BCUT2D eigenvalue weighted by atomic mass is 10.2. The lowest BCUT2D eigenvalue weighted by Gasteiger charge is -2.17. The standard InChI is InChI=1S/C13H21N3O/c1-16(7-8-17-2)13-6-3-11(10-15-13)9-14-12-4-5-12/h3,6,10,12,14H,4-5,7-9H2,1-2H3. The number of pyridine rings is 1. The number of hydrogen-bond donors (Lipinski definition) is 1. The monoisotopic (exact) mass is 235 g/mol. The van der Waals surface area contributed by atoms with E-state index in [-0.39, 0.29) is 0 Å². The van der Waals surface area contributed by atoms with Gasteiger partial charge in [-0.25, -0.2) is 4.98 Å². The van der Waals surface area contributed by atoms with Crippen molar-refractivity contribution in [2.24, 2.45) is 0 Å². The number of likely N-dealkylation sites (N-methyl/N-ethyl adjacent to an activating group) is 1. The summed E-state index contributed by atoms with van der Waals surface area (Å²) in [6, 6.07) is 4.96. The van der Waals surface area contributed by atoms with E-state index in [1.165, 1.54) is 18.4 Å². The van der Waals surface area contributed by atoms with Gasteiger partial charge in [0, 0.05) is 39.5 Å². The fraction of sp³-hybridized carbons (Fsp3) is 0.615. The van der Waals surface area contributed by atoms with E-state index in [1.807, 2.05) is 13.2 Å². The summed E-state index contributed by atoms with van der Waals surface area (Å²) >= 11 is 0. The van der Waals surface area contributed by atoms with Gasteiger partial charge >= 0.3 is 0 Å². The fourth-order valence-electron chi connectivity index (χ4n) is 1.64. The first-order valence-electron chi connectivity index (χ1n) is 6.18. The fourth-order valence-corrected chi connectivity index (χ4v) is 1.64. The molecule has 17 heavy (non-hydrogen) atoms. The number of ether oxygens (including phenoxy) is 1. The van der Waals surface area contributed by atoms with Crippen LogP contribution >= 0.6 is 0 Å². The predicted molar refractivity (Wildman–Crippen MR) is 69.2 cm³/mol. The molecule has 94 valence electrons. The van der Waals surface area contributed by atoms with Gasteiger partial charge in [-0.3, -0.25) is 0 Å². The van der Waals surface area contributed by atoms with Crippen LogP contribution in [-0.2, 0) is 11.3 Å². The summed E-state index contributed by atoms with van der Waals surface area (Å²) in [4.78, 5) is 6.56. The lowest BCUT2D eigenvalue weighted by Crippen LogP contribution is -2.23. The largest absolute Gasteiger partial charge is 0.383 e. The topological polar surface area (TPSA) is 37.4 Å². The Balaban J connectivity index is 1.82. The maximum atomic E-state index is 5.05. The molecule has 0 amide bonds. The van der Waals surface area contributed by atoms with Crippen LogP contribution in [0.2, 0.25) is 0 Å². The number of anilines is 1. The van der Waals surface area contributed by atoms with E-state index in [1.54, 1.807) is 7.11 Å². The molecule has 0 bridgehead atoms. The molecule has 1 aliphatic carbocycles. The van der Waals surface area contributed by atoms with Crippen molar-refractivity contribution in [2.45, 2.75) is 25.4 Å². The molecular formula is C13H21N3O. The molecule has 1 saturated carbocycles. The molecule has 1 aliphatic rings. The van der Waals surface area contributed by atoms with E-state index in [0.29, 0.717) is 0 Å². The third kappa shape index (κ3) is 3.98. The maximum absolute atomic E-state index is 5.05. The molecule has 2 rings (SSSR count). The molecule has 4 heteroatoms. The zero-order valence-electron chi connectivity index (χ0n) is 10.6. The van der Waals surface area contributed by atoms with Crippen LogP contribution < -0.4 is 10.2 Å². The molecular weight excluding hydrogens is 214 g/mol. The van der Waals surface area contributed by atoms with E-state index < -0.39 is 0 Å². The Morgan fingerprint density at radius 3 is 2.88 bits per heavy atom. The predicted octanol–water partition coefficient (Wildman–Crippen LogP) is 1.42. The average Bonchev–Trinajstić information content (AvgIpc) is 3.18. The summed E-state index contributed by atoms with van der Waals surface area (Å²) in [6.45, 7) is 2.52. The number of rotatable bonds is 7. The maximum Gasteiger partial charge on any atom is 0.128 e. The number of nitrogens with zero attached hydrogens (tertiary/aromatic N) is 2. The number of nitrogens with one attached hydrogen (secondary N) is 1. The minimum Gasteiger partial charge on any atom is -0.383 e. The highest BCUT2D eigenvalue weighted by Gasteiger charge is 2.19. The van der Waals surface area contributed by atoms with Gasteiger partial charge in [-0.15, -0.1) is 0 Å². The van der Waals surface area contributed by atoms with Gasteiger partial charge < -0.3 is 15.0 Å². The molecule has 1 fully saturated rings. The summed E-state index contributed by atoms with van der Waals surface area (Å²) in [7, 11) is 3.75. The molecule has 0 saturated heterocycles. The van der Waals surface area contributed by atoms with Crippen LogP contribution in [0.5, 0.6) is 0 Å². The summed E-state index contributed by atoms with van der Waals surface area (Å²) in [5.74, 6) is 0.997. The molecule has 0 radical (unpaired) electrons. The van der Waals surface area contributed by atoms with Crippen LogP contribution in [0, 0.1) is 0 Å². The Kier molecular flexibility index (Phi) is 4.34. The van der Waals surface area contributed by atoms with Gasteiger partial charge in [0.15, 0.2) is 0 Å². The van der Waals surface area contributed by atoms with Gasteiger partial charge in [-0.1, -0.05) is 6.07 Å². The number of hydrogen-bond acceptors (Lipinski definition) is 4. The molecule has 0 spiro atoms. The Morgan fingerprint density at radius 2 is 2.29 bits per heavy atom. The Morgan fingerprint density at radius 1 is 1.47 bits per heavy atom. The van der Waals surface area contributed by atoms with Crippen LogP contribution in [0.1, 0.15) is 18.4 Å². The molecule has 1 N–H and O–H groups in total. The molecule has 1 heterocycles. The normalized spacial score (nSPS) is 14.9. The van der Waals surface area contributed by atoms with Crippen molar-refractivity contribution in [1.29, 1.82) is 0 Å². The molecule has 1 aromatic heterocycles.